The van der Waals surface area contributed by atoms with Gasteiger partial charge in [0.25, 0.3) is 0 Å². The lowest BCUT2D eigenvalue weighted by molar-refractivity contribution is 1.29. The largest absolute Gasteiger partial charge is 0.399 e. The summed E-state index contributed by atoms with van der Waals surface area (Å²) in [5.74, 6) is 0. The third kappa shape index (κ3) is 2.32. The van der Waals surface area contributed by atoms with Gasteiger partial charge in [-0.15, -0.1) is 11.3 Å². The van der Waals surface area contributed by atoms with E-state index in [-0.39, 0.29) is 0 Å². The Kier molecular flexibility index (Phi) is 3.16. The molecule has 1 heterocycles. The quantitative estimate of drug-likeness (QED) is 0.697. The summed E-state index contributed by atoms with van der Waals surface area (Å²) in [6, 6.07) is 13.6. The van der Waals surface area contributed by atoms with E-state index < -0.39 is 0 Å². The molecule has 0 atom stereocenters. The molecule has 0 aliphatic heterocycles. The number of nitrogen functional groups attached to an aromatic ring is 1. The van der Waals surface area contributed by atoms with Gasteiger partial charge in [-0.2, -0.15) is 0 Å². The highest BCUT2D eigenvalue weighted by atomic mass is 35.5. The molecule has 0 unspecified atom stereocenters. The molecule has 1 aromatic heterocycles. The minimum atomic E-state index is 0.666. The Hall–Kier alpha value is -1.23. The molecular weight excluding hydrogens is 284 g/mol. The summed E-state index contributed by atoms with van der Waals surface area (Å²) in [5, 5.41) is 0.666. The molecule has 5 heteroatoms. The van der Waals surface area contributed by atoms with E-state index in [2.05, 4.69) is 11.1 Å². The molecule has 0 aliphatic rings. The summed E-state index contributed by atoms with van der Waals surface area (Å²) >= 11 is 9.39. The molecule has 0 fully saturated rings. The fourth-order valence-electron chi connectivity index (χ4n) is 1.59. The number of aromatic nitrogens is 1. The first-order valence-electron chi connectivity index (χ1n) is 5.31. The van der Waals surface area contributed by atoms with E-state index in [9.17, 15) is 0 Å². The van der Waals surface area contributed by atoms with Crippen molar-refractivity contribution in [2.75, 3.05) is 5.73 Å². The zero-order valence-corrected chi connectivity index (χ0v) is 11.6. The molecule has 90 valence electrons. The molecule has 3 aromatic rings. The van der Waals surface area contributed by atoms with Gasteiger partial charge in [-0.05, 0) is 30.3 Å². The molecule has 18 heavy (non-hydrogen) atoms. The van der Waals surface area contributed by atoms with Crippen molar-refractivity contribution < 1.29 is 0 Å². The lowest BCUT2D eigenvalue weighted by Gasteiger charge is -2.01. The molecule has 0 amide bonds. The topological polar surface area (TPSA) is 38.9 Å². The van der Waals surface area contributed by atoms with Crippen LogP contribution in [0.3, 0.4) is 0 Å². The third-order valence-corrected chi connectivity index (χ3v) is 5.03. The maximum absolute atomic E-state index is 6.15. The maximum atomic E-state index is 6.15. The lowest BCUT2D eigenvalue weighted by atomic mass is 10.3. The number of fused-ring (bicyclic) bond motifs is 1. The Bertz CT molecular complexity index is 676. The Morgan fingerprint density at radius 2 is 2.00 bits per heavy atom. The minimum absolute atomic E-state index is 0.666. The van der Waals surface area contributed by atoms with E-state index >= 15 is 0 Å². The Balaban J connectivity index is 1.96. The van der Waals surface area contributed by atoms with Crippen LogP contribution in [0.15, 0.2) is 51.7 Å². The van der Waals surface area contributed by atoms with Crippen LogP contribution in [0.1, 0.15) is 0 Å². The van der Waals surface area contributed by atoms with Crippen molar-refractivity contribution >= 4 is 50.6 Å². The van der Waals surface area contributed by atoms with Crippen LogP contribution in [0.25, 0.3) is 10.2 Å². The Morgan fingerprint density at radius 3 is 2.78 bits per heavy atom. The number of nitrogens with two attached hydrogens (primary N) is 1. The van der Waals surface area contributed by atoms with Crippen LogP contribution in [0.4, 0.5) is 5.69 Å². The number of thiazole rings is 1. The molecule has 0 saturated carbocycles. The Labute approximate surface area is 118 Å². The van der Waals surface area contributed by atoms with Gasteiger partial charge in [0.2, 0.25) is 0 Å². The van der Waals surface area contributed by atoms with Gasteiger partial charge in [0, 0.05) is 10.6 Å². The number of rotatable bonds is 2. The summed E-state index contributed by atoms with van der Waals surface area (Å²) in [7, 11) is 0. The first-order chi connectivity index (χ1) is 8.72. The van der Waals surface area contributed by atoms with Crippen molar-refractivity contribution in [3.05, 3.63) is 47.5 Å². The molecule has 0 aliphatic carbocycles. The predicted octanol–water partition coefficient (Wildman–Crippen LogP) is 4.68. The van der Waals surface area contributed by atoms with Gasteiger partial charge in [0.05, 0.1) is 15.2 Å². The number of benzene rings is 2. The fourth-order valence-corrected chi connectivity index (χ4v) is 3.92. The predicted molar refractivity (Wildman–Crippen MR) is 79.6 cm³/mol. The molecule has 2 aromatic carbocycles. The summed E-state index contributed by atoms with van der Waals surface area (Å²) in [4.78, 5) is 5.54. The van der Waals surface area contributed by atoms with E-state index in [0.29, 0.717) is 10.7 Å². The van der Waals surface area contributed by atoms with E-state index in [4.69, 9.17) is 17.3 Å². The van der Waals surface area contributed by atoms with E-state index in [1.807, 2.05) is 30.3 Å². The van der Waals surface area contributed by atoms with Crippen LogP contribution in [-0.2, 0) is 0 Å². The minimum Gasteiger partial charge on any atom is -0.399 e. The molecule has 0 radical (unpaired) electrons. The summed E-state index contributed by atoms with van der Waals surface area (Å²) < 4.78 is 2.18. The number of hydrogen-bond acceptors (Lipinski definition) is 4. The van der Waals surface area contributed by atoms with E-state index in [0.717, 1.165) is 14.8 Å². The summed E-state index contributed by atoms with van der Waals surface area (Å²) in [5.41, 5.74) is 7.37. The lowest BCUT2D eigenvalue weighted by Crippen LogP contribution is -1.84. The van der Waals surface area contributed by atoms with Crippen LogP contribution in [0, 0.1) is 0 Å². The smallest absolute Gasteiger partial charge is 0.155 e. The highest BCUT2D eigenvalue weighted by Crippen LogP contribution is 2.38. The van der Waals surface area contributed by atoms with Crippen molar-refractivity contribution in [3.8, 4) is 0 Å². The van der Waals surface area contributed by atoms with Crippen LogP contribution in [-0.4, -0.2) is 4.98 Å². The van der Waals surface area contributed by atoms with Crippen molar-refractivity contribution in [3.63, 3.8) is 0 Å². The van der Waals surface area contributed by atoms with Crippen molar-refractivity contribution in [2.24, 2.45) is 0 Å². The molecule has 3 rings (SSSR count). The molecule has 2 nitrogen and oxygen atoms in total. The maximum Gasteiger partial charge on any atom is 0.155 e. The molecule has 0 spiro atoms. The number of nitrogens with zero attached hydrogens (tertiary/aromatic N) is 1. The summed E-state index contributed by atoms with van der Waals surface area (Å²) in [6.07, 6.45) is 0. The number of hydrogen-bond donors (Lipinski definition) is 1. The zero-order valence-electron chi connectivity index (χ0n) is 9.26. The standard InChI is InChI=1S/C13H9ClN2S2/c14-9-7-8(15)5-6-11(9)17-13-16-10-3-1-2-4-12(10)18-13/h1-7H,15H2. The van der Waals surface area contributed by atoms with Crippen LogP contribution in [0.2, 0.25) is 5.02 Å². The highest BCUT2D eigenvalue weighted by molar-refractivity contribution is 8.01. The van der Waals surface area contributed by atoms with Gasteiger partial charge in [0.1, 0.15) is 0 Å². The molecule has 2 N–H and O–H groups in total. The first kappa shape index (κ1) is 11.8. The van der Waals surface area contributed by atoms with Gasteiger partial charge in [-0.3, -0.25) is 0 Å². The fraction of sp³-hybridized carbons (Fsp3) is 0. The van der Waals surface area contributed by atoms with E-state index in [1.54, 1.807) is 29.2 Å². The van der Waals surface area contributed by atoms with Crippen LogP contribution in [0.5, 0.6) is 0 Å². The molecule has 0 bridgehead atoms. The monoisotopic (exact) mass is 292 g/mol. The summed E-state index contributed by atoms with van der Waals surface area (Å²) in [6.45, 7) is 0. The highest BCUT2D eigenvalue weighted by Gasteiger charge is 2.08. The van der Waals surface area contributed by atoms with Crippen molar-refractivity contribution in [1.29, 1.82) is 0 Å². The van der Waals surface area contributed by atoms with Crippen LogP contribution >= 0.6 is 34.7 Å². The zero-order chi connectivity index (χ0) is 12.5. The van der Waals surface area contributed by atoms with E-state index in [1.165, 1.54) is 4.70 Å². The number of para-hydroxylation sites is 1. The van der Waals surface area contributed by atoms with Crippen LogP contribution < -0.4 is 5.73 Å². The number of anilines is 1. The third-order valence-electron chi connectivity index (χ3n) is 2.43. The van der Waals surface area contributed by atoms with Gasteiger partial charge in [-0.1, -0.05) is 35.5 Å². The average Bonchev–Trinajstić information content (AvgIpc) is 2.75. The van der Waals surface area contributed by atoms with Gasteiger partial charge >= 0.3 is 0 Å². The first-order valence-corrected chi connectivity index (χ1v) is 7.32. The number of halogens is 1. The average molecular weight is 293 g/mol. The normalized spacial score (nSPS) is 10.9. The second kappa shape index (κ2) is 4.80. The van der Waals surface area contributed by atoms with Gasteiger partial charge in [-0.25, -0.2) is 4.98 Å². The SMILES string of the molecule is Nc1ccc(Sc2nc3ccccc3s2)c(Cl)c1. The second-order valence-corrected chi connectivity index (χ2v) is 6.47. The van der Waals surface area contributed by atoms with Gasteiger partial charge < -0.3 is 5.73 Å². The molecular formula is C13H9ClN2S2. The van der Waals surface area contributed by atoms with Crippen molar-refractivity contribution in [1.82, 2.24) is 4.98 Å². The molecule has 0 saturated heterocycles. The van der Waals surface area contributed by atoms with Gasteiger partial charge in [0.15, 0.2) is 4.34 Å². The second-order valence-electron chi connectivity index (χ2n) is 3.74. The Morgan fingerprint density at radius 1 is 1.17 bits per heavy atom. The van der Waals surface area contributed by atoms with Crippen molar-refractivity contribution in [2.45, 2.75) is 9.24 Å².